The van der Waals surface area contributed by atoms with Crippen molar-refractivity contribution < 1.29 is 14.4 Å². The molecular formula is C26H29N5O3S. The molecule has 2 saturated heterocycles. The summed E-state index contributed by atoms with van der Waals surface area (Å²) >= 11 is 1.76. The number of aromatic nitrogens is 1. The molecule has 1 N–H and O–H groups in total. The highest BCUT2D eigenvalue weighted by Gasteiger charge is 2.30. The molecule has 3 aromatic rings. The smallest absolute Gasteiger partial charge is 0.251 e. The fraction of sp³-hybridized carbons (Fsp3) is 0.385. The zero-order valence-corrected chi connectivity index (χ0v) is 20.9. The molecule has 8 nitrogen and oxygen atoms in total. The van der Waals surface area contributed by atoms with Crippen LogP contribution in [-0.4, -0.2) is 66.9 Å². The summed E-state index contributed by atoms with van der Waals surface area (Å²) in [7, 11) is 0. The molecule has 35 heavy (non-hydrogen) atoms. The number of nitrogens with one attached hydrogen (secondary N) is 1. The summed E-state index contributed by atoms with van der Waals surface area (Å²) in [5.74, 6) is -0.643. The molecule has 5 rings (SSSR count). The molecule has 3 heterocycles. The van der Waals surface area contributed by atoms with Gasteiger partial charge in [-0.1, -0.05) is 23.5 Å². The van der Waals surface area contributed by atoms with Crippen LogP contribution in [0.25, 0.3) is 10.2 Å². The van der Waals surface area contributed by atoms with Crippen molar-refractivity contribution in [3.63, 3.8) is 0 Å². The summed E-state index contributed by atoms with van der Waals surface area (Å²) < 4.78 is 1.24. The largest absolute Gasteiger partial charge is 0.351 e. The van der Waals surface area contributed by atoms with Crippen molar-refractivity contribution in [3.8, 4) is 0 Å². The normalized spacial score (nSPS) is 17.0. The zero-order chi connectivity index (χ0) is 24.5. The maximum atomic E-state index is 12.7. The highest BCUT2D eigenvalue weighted by molar-refractivity contribution is 7.22. The molecule has 0 aliphatic carbocycles. The van der Waals surface area contributed by atoms with Crippen molar-refractivity contribution >= 4 is 50.1 Å². The van der Waals surface area contributed by atoms with E-state index in [2.05, 4.69) is 41.1 Å². The van der Waals surface area contributed by atoms with Crippen LogP contribution in [-0.2, 0) is 9.59 Å². The lowest BCUT2D eigenvalue weighted by atomic mass is 10.1. The maximum absolute atomic E-state index is 12.7. The number of carbonyl (C=O) groups excluding carboxylic acids is 3. The molecular weight excluding hydrogens is 462 g/mol. The van der Waals surface area contributed by atoms with Crippen LogP contribution >= 0.6 is 11.3 Å². The second kappa shape index (κ2) is 9.75. The molecule has 0 unspecified atom stereocenters. The Morgan fingerprint density at radius 3 is 2.51 bits per heavy atom. The highest BCUT2D eigenvalue weighted by Crippen LogP contribution is 2.32. The molecule has 2 aromatic carbocycles. The van der Waals surface area contributed by atoms with Gasteiger partial charge in [0.05, 0.1) is 15.9 Å². The minimum Gasteiger partial charge on any atom is -0.351 e. The first-order chi connectivity index (χ1) is 16.9. The van der Waals surface area contributed by atoms with Gasteiger partial charge < -0.3 is 10.2 Å². The van der Waals surface area contributed by atoms with E-state index in [-0.39, 0.29) is 30.6 Å². The van der Waals surface area contributed by atoms with Gasteiger partial charge >= 0.3 is 0 Å². The molecule has 9 heteroatoms. The van der Waals surface area contributed by atoms with Gasteiger partial charge in [-0.3, -0.25) is 24.2 Å². The molecule has 2 aliphatic heterocycles. The molecule has 0 saturated carbocycles. The molecule has 182 valence electrons. The van der Waals surface area contributed by atoms with Crippen LogP contribution in [0.5, 0.6) is 0 Å². The number of rotatable bonds is 6. The zero-order valence-electron chi connectivity index (χ0n) is 20.0. The average Bonchev–Trinajstić information content (AvgIpc) is 3.42. The van der Waals surface area contributed by atoms with Crippen LogP contribution in [0.2, 0.25) is 0 Å². The Hall–Kier alpha value is -3.30. The first kappa shape index (κ1) is 23.4. The third kappa shape index (κ3) is 4.92. The van der Waals surface area contributed by atoms with Crippen LogP contribution in [0, 0.1) is 13.8 Å². The van der Waals surface area contributed by atoms with Crippen molar-refractivity contribution in [2.24, 2.45) is 0 Å². The lowest BCUT2D eigenvalue weighted by Crippen LogP contribution is -2.48. The van der Waals surface area contributed by atoms with Gasteiger partial charge in [0.25, 0.3) is 5.91 Å². The minimum absolute atomic E-state index is 0.204. The Balaban J connectivity index is 1.12. The summed E-state index contributed by atoms with van der Waals surface area (Å²) in [6, 6.07) is 11.1. The molecule has 0 spiro atoms. The van der Waals surface area contributed by atoms with Crippen molar-refractivity contribution in [1.29, 1.82) is 0 Å². The van der Waals surface area contributed by atoms with Crippen LogP contribution in [0.3, 0.4) is 0 Å². The SMILES string of the molecule is Cc1cc(C)c2nc(N3CCN(CCNC(=O)c4cccc(N5C(=O)CCC5=O)c4)CC3)sc2c1. The molecule has 0 radical (unpaired) electrons. The van der Waals surface area contributed by atoms with E-state index < -0.39 is 0 Å². The van der Waals surface area contributed by atoms with Crippen LogP contribution in [0.4, 0.5) is 10.8 Å². The predicted octanol–water partition coefficient (Wildman–Crippen LogP) is 3.12. The molecule has 3 amide bonds. The number of piperazine rings is 1. The first-order valence-corrected chi connectivity index (χ1v) is 12.8. The predicted molar refractivity (Wildman–Crippen MR) is 138 cm³/mol. The van der Waals surface area contributed by atoms with E-state index in [1.807, 2.05) is 0 Å². The van der Waals surface area contributed by atoms with Gasteiger partial charge in [0, 0.05) is 57.7 Å². The third-order valence-electron chi connectivity index (χ3n) is 6.59. The lowest BCUT2D eigenvalue weighted by Gasteiger charge is -2.34. The summed E-state index contributed by atoms with van der Waals surface area (Å²) in [6.07, 6.45) is 0.446. The second-order valence-corrected chi connectivity index (χ2v) is 10.2. The standard InChI is InChI=1S/C26H29N5O3S/c1-17-14-18(2)24-21(15-17)35-26(28-24)30-12-10-29(11-13-30)9-8-27-25(34)19-4-3-5-20(16-19)31-22(32)6-7-23(31)33/h3-5,14-16H,6-13H2,1-2H3,(H,27,34). The van der Waals surface area contributed by atoms with Gasteiger partial charge in [0.1, 0.15) is 0 Å². The van der Waals surface area contributed by atoms with E-state index in [4.69, 9.17) is 4.98 Å². The fourth-order valence-corrected chi connectivity index (χ4v) is 5.93. The number of anilines is 2. The van der Waals surface area contributed by atoms with Crippen molar-refractivity contribution in [2.75, 3.05) is 49.1 Å². The van der Waals surface area contributed by atoms with Crippen molar-refractivity contribution in [2.45, 2.75) is 26.7 Å². The van der Waals surface area contributed by atoms with Crippen LogP contribution in [0.15, 0.2) is 36.4 Å². The number of fused-ring (bicyclic) bond motifs is 1. The number of nitrogens with zero attached hydrogens (tertiary/aromatic N) is 4. The van der Waals surface area contributed by atoms with Gasteiger partial charge in [-0.05, 0) is 49.2 Å². The maximum Gasteiger partial charge on any atom is 0.251 e. The molecule has 1 aromatic heterocycles. The van der Waals surface area contributed by atoms with E-state index in [0.717, 1.165) is 43.4 Å². The number of hydrogen-bond donors (Lipinski definition) is 1. The van der Waals surface area contributed by atoms with Gasteiger partial charge in [-0.2, -0.15) is 0 Å². The molecule has 2 fully saturated rings. The monoisotopic (exact) mass is 491 g/mol. The Kier molecular flexibility index (Phi) is 6.53. The van der Waals surface area contributed by atoms with Gasteiger partial charge in [-0.15, -0.1) is 0 Å². The minimum atomic E-state index is -0.220. The Morgan fingerprint density at radius 1 is 1.03 bits per heavy atom. The highest BCUT2D eigenvalue weighted by atomic mass is 32.1. The van der Waals surface area contributed by atoms with Crippen molar-refractivity contribution in [3.05, 3.63) is 53.1 Å². The summed E-state index contributed by atoms with van der Waals surface area (Å²) in [5.41, 5.74) is 4.49. The summed E-state index contributed by atoms with van der Waals surface area (Å²) in [5, 5.41) is 4.05. The number of imide groups is 1. The summed E-state index contributed by atoms with van der Waals surface area (Å²) in [6.45, 7) is 9.18. The van der Waals surface area contributed by atoms with Gasteiger partial charge in [0.15, 0.2) is 5.13 Å². The fourth-order valence-electron chi connectivity index (χ4n) is 4.74. The Labute approximate surface area is 208 Å². The van der Waals surface area contributed by atoms with E-state index in [1.165, 1.54) is 20.7 Å². The van der Waals surface area contributed by atoms with E-state index in [0.29, 0.717) is 17.8 Å². The first-order valence-electron chi connectivity index (χ1n) is 12.0. The number of carbonyl (C=O) groups is 3. The van der Waals surface area contributed by atoms with Crippen LogP contribution < -0.4 is 15.1 Å². The van der Waals surface area contributed by atoms with E-state index >= 15 is 0 Å². The Bertz CT molecular complexity index is 1280. The number of hydrogen-bond acceptors (Lipinski definition) is 7. The third-order valence-corrected chi connectivity index (χ3v) is 7.66. The Morgan fingerprint density at radius 2 is 1.77 bits per heavy atom. The number of thiazole rings is 1. The molecule has 2 aliphatic rings. The quantitative estimate of drug-likeness (QED) is 0.534. The topological polar surface area (TPSA) is 85.8 Å². The van der Waals surface area contributed by atoms with Crippen LogP contribution in [0.1, 0.15) is 34.3 Å². The lowest BCUT2D eigenvalue weighted by molar-refractivity contribution is -0.121. The molecule has 0 atom stereocenters. The van der Waals surface area contributed by atoms with E-state index in [1.54, 1.807) is 35.6 Å². The van der Waals surface area contributed by atoms with Crippen molar-refractivity contribution in [1.82, 2.24) is 15.2 Å². The van der Waals surface area contributed by atoms with Gasteiger partial charge in [0.2, 0.25) is 11.8 Å². The summed E-state index contributed by atoms with van der Waals surface area (Å²) in [4.78, 5) is 47.4. The second-order valence-electron chi connectivity index (χ2n) is 9.18. The van der Waals surface area contributed by atoms with Gasteiger partial charge in [-0.25, -0.2) is 4.98 Å². The number of aryl methyl sites for hydroxylation is 2. The van der Waals surface area contributed by atoms with E-state index in [9.17, 15) is 14.4 Å². The average molecular weight is 492 g/mol. The molecule has 0 bridgehead atoms. The number of amides is 3. The number of benzene rings is 2.